The molecule has 3 rings (SSSR count). The molecule has 1 aromatic carbocycles. The van der Waals surface area contributed by atoms with E-state index in [1.54, 1.807) is 11.0 Å². The molecule has 0 bridgehead atoms. The summed E-state index contributed by atoms with van der Waals surface area (Å²) in [4.78, 5) is 26.5. The van der Waals surface area contributed by atoms with Crippen LogP contribution >= 0.6 is 15.9 Å². The number of anilines is 2. The number of carbonyl (C=O) groups excluding carboxylic acids is 2. The van der Waals surface area contributed by atoms with Crippen LogP contribution in [0.5, 0.6) is 0 Å². The predicted octanol–water partition coefficient (Wildman–Crippen LogP) is 3.73. The zero-order chi connectivity index (χ0) is 18.2. The fourth-order valence-electron chi connectivity index (χ4n) is 2.70. The number of hydrogen-bond acceptors (Lipinski definition) is 4. The largest absolute Gasteiger partial charge is 0.359 e. The Hall–Kier alpha value is -2.15. The molecule has 0 spiro atoms. The van der Waals surface area contributed by atoms with Crippen molar-refractivity contribution in [2.45, 2.75) is 32.6 Å². The van der Waals surface area contributed by atoms with E-state index in [1.165, 1.54) is 0 Å². The highest BCUT2D eigenvalue weighted by Crippen LogP contribution is 2.32. The molecule has 1 unspecified atom stereocenters. The smallest absolute Gasteiger partial charge is 0.231 e. The van der Waals surface area contributed by atoms with Crippen molar-refractivity contribution in [1.82, 2.24) is 5.16 Å². The van der Waals surface area contributed by atoms with Crippen LogP contribution in [-0.4, -0.2) is 23.5 Å². The third-order valence-corrected chi connectivity index (χ3v) is 4.81. The number of carbonyl (C=O) groups is 2. The molecule has 132 valence electrons. The quantitative estimate of drug-likeness (QED) is 0.843. The maximum Gasteiger partial charge on any atom is 0.231 e. The average Bonchev–Trinajstić information content (AvgIpc) is 3.14. The highest BCUT2D eigenvalue weighted by atomic mass is 79.9. The maximum atomic E-state index is 12.5. The maximum absolute atomic E-state index is 12.5. The molecule has 2 heterocycles. The second-order valence-electron chi connectivity index (χ2n) is 7.17. The molecule has 2 amide bonds. The molecule has 1 aliphatic heterocycles. The molecule has 25 heavy (non-hydrogen) atoms. The van der Waals surface area contributed by atoms with E-state index < -0.39 is 5.92 Å². The fraction of sp³-hybridized carbons (Fsp3) is 0.389. The summed E-state index contributed by atoms with van der Waals surface area (Å²) in [5, 5.41) is 6.64. The Morgan fingerprint density at radius 3 is 2.72 bits per heavy atom. The van der Waals surface area contributed by atoms with Gasteiger partial charge in [-0.1, -0.05) is 38.1 Å². The highest BCUT2D eigenvalue weighted by molar-refractivity contribution is 9.10. The van der Waals surface area contributed by atoms with Gasteiger partial charge in [0, 0.05) is 28.9 Å². The van der Waals surface area contributed by atoms with Crippen LogP contribution in [0.15, 0.2) is 39.3 Å². The SMILES string of the molecule is CC(C)(C)c1cc(NC(=O)C2CC(=O)N(c3ccccc3Br)C2)no1. The summed E-state index contributed by atoms with van der Waals surface area (Å²) in [6, 6.07) is 9.20. The van der Waals surface area contributed by atoms with Gasteiger partial charge in [-0.15, -0.1) is 0 Å². The lowest BCUT2D eigenvalue weighted by Gasteiger charge is -2.18. The molecule has 0 radical (unpaired) electrons. The van der Waals surface area contributed by atoms with E-state index in [1.807, 2.05) is 45.0 Å². The Morgan fingerprint density at radius 1 is 1.36 bits per heavy atom. The van der Waals surface area contributed by atoms with E-state index in [4.69, 9.17) is 4.52 Å². The van der Waals surface area contributed by atoms with Crippen LogP contribution in [0, 0.1) is 5.92 Å². The van der Waals surface area contributed by atoms with Crippen molar-refractivity contribution >= 4 is 39.2 Å². The number of para-hydroxylation sites is 1. The Labute approximate surface area is 154 Å². The minimum absolute atomic E-state index is 0.0671. The number of benzene rings is 1. The molecule has 1 aliphatic rings. The third kappa shape index (κ3) is 3.76. The van der Waals surface area contributed by atoms with E-state index in [0.29, 0.717) is 18.1 Å². The first-order valence-electron chi connectivity index (χ1n) is 8.08. The lowest BCUT2D eigenvalue weighted by atomic mass is 9.93. The van der Waals surface area contributed by atoms with E-state index >= 15 is 0 Å². The van der Waals surface area contributed by atoms with E-state index in [2.05, 4.69) is 26.4 Å². The van der Waals surface area contributed by atoms with Gasteiger partial charge >= 0.3 is 0 Å². The molecule has 1 fully saturated rings. The van der Waals surface area contributed by atoms with Crippen molar-refractivity contribution in [2.75, 3.05) is 16.8 Å². The number of nitrogens with one attached hydrogen (secondary N) is 1. The van der Waals surface area contributed by atoms with Gasteiger partial charge in [0.15, 0.2) is 5.82 Å². The summed E-state index contributed by atoms with van der Waals surface area (Å²) in [7, 11) is 0. The predicted molar refractivity (Wildman–Crippen MR) is 98.4 cm³/mol. The molecule has 1 saturated heterocycles. The summed E-state index contributed by atoms with van der Waals surface area (Å²) in [6.07, 6.45) is 0.178. The number of amides is 2. The van der Waals surface area contributed by atoms with Crippen molar-refractivity contribution in [3.8, 4) is 0 Å². The summed E-state index contributed by atoms with van der Waals surface area (Å²) < 4.78 is 6.10. The van der Waals surface area contributed by atoms with Crippen molar-refractivity contribution in [3.05, 3.63) is 40.6 Å². The zero-order valence-corrected chi connectivity index (χ0v) is 16.0. The first-order chi connectivity index (χ1) is 11.8. The van der Waals surface area contributed by atoms with Gasteiger partial charge in [0.05, 0.1) is 11.6 Å². The van der Waals surface area contributed by atoms with Gasteiger partial charge in [-0.3, -0.25) is 9.59 Å². The molecule has 0 saturated carbocycles. The van der Waals surface area contributed by atoms with Crippen LogP contribution in [0.25, 0.3) is 0 Å². The third-order valence-electron chi connectivity index (χ3n) is 4.14. The molecule has 1 aromatic heterocycles. The van der Waals surface area contributed by atoms with Crippen LogP contribution < -0.4 is 10.2 Å². The molecular weight excluding hydrogens is 386 g/mol. The summed E-state index contributed by atoms with van der Waals surface area (Å²) >= 11 is 3.45. The van der Waals surface area contributed by atoms with Crippen molar-refractivity contribution in [1.29, 1.82) is 0 Å². The molecule has 2 aromatic rings. The fourth-order valence-corrected chi connectivity index (χ4v) is 3.20. The number of halogens is 1. The Morgan fingerprint density at radius 2 is 2.08 bits per heavy atom. The zero-order valence-electron chi connectivity index (χ0n) is 14.4. The number of rotatable bonds is 3. The monoisotopic (exact) mass is 405 g/mol. The average molecular weight is 406 g/mol. The van der Waals surface area contributed by atoms with E-state index in [0.717, 1.165) is 10.2 Å². The summed E-state index contributed by atoms with van der Waals surface area (Å²) in [5.74, 6) is 0.357. The number of nitrogens with zero attached hydrogens (tertiary/aromatic N) is 2. The number of hydrogen-bond donors (Lipinski definition) is 1. The standard InChI is InChI=1S/C18H20BrN3O3/c1-18(2,3)14-9-15(21-25-14)20-17(24)11-8-16(23)22(10-11)13-7-5-4-6-12(13)19/h4-7,9,11H,8,10H2,1-3H3,(H,20,21,24). The highest BCUT2D eigenvalue weighted by Gasteiger charge is 2.36. The molecular formula is C18H20BrN3O3. The lowest BCUT2D eigenvalue weighted by molar-refractivity contribution is -0.122. The first kappa shape index (κ1) is 17.7. The molecule has 7 heteroatoms. The summed E-state index contributed by atoms with van der Waals surface area (Å²) in [5.41, 5.74) is 0.592. The van der Waals surface area contributed by atoms with E-state index in [9.17, 15) is 9.59 Å². The van der Waals surface area contributed by atoms with Crippen molar-refractivity contribution < 1.29 is 14.1 Å². The molecule has 0 aliphatic carbocycles. The molecule has 1 N–H and O–H groups in total. The second kappa shape index (κ2) is 6.63. The van der Waals surface area contributed by atoms with Crippen LogP contribution in [-0.2, 0) is 15.0 Å². The Kier molecular flexibility index (Phi) is 4.69. The minimum Gasteiger partial charge on any atom is -0.359 e. The Bertz CT molecular complexity index is 810. The van der Waals surface area contributed by atoms with Gasteiger partial charge in [0.2, 0.25) is 11.8 Å². The summed E-state index contributed by atoms with van der Waals surface area (Å²) in [6.45, 7) is 6.36. The van der Waals surface area contributed by atoms with Crippen molar-refractivity contribution in [2.24, 2.45) is 5.92 Å². The topological polar surface area (TPSA) is 75.4 Å². The normalized spacial score (nSPS) is 17.8. The number of aromatic nitrogens is 1. The van der Waals surface area contributed by atoms with Gasteiger partial charge in [-0.25, -0.2) is 0 Å². The van der Waals surface area contributed by atoms with Crippen molar-refractivity contribution in [3.63, 3.8) is 0 Å². The first-order valence-corrected chi connectivity index (χ1v) is 8.88. The van der Waals surface area contributed by atoms with Crippen LogP contribution in [0.1, 0.15) is 33.0 Å². The Balaban J connectivity index is 1.69. The van der Waals surface area contributed by atoms with Gasteiger partial charge in [0.25, 0.3) is 0 Å². The van der Waals surface area contributed by atoms with Crippen LogP contribution in [0.4, 0.5) is 11.5 Å². The van der Waals surface area contributed by atoms with Gasteiger partial charge < -0.3 is 14.7 Å². The minimum atomic E-state index is -0.422. The van der Waals surface area contributed by atoms with Crippen LogP contribution in [0.2, 0.25) is 0 Å². The second-order valence-corrected chi connectivity index (χ2v) is 8.03. The molecule has 6 nitrogen and oxygen atoms in total. The van der Waals surface area contributed by atoms with Gasteiger partial charge in [-0.2, -0.15) is 0 Å². The van der Waals surface area contributed by atoms with Gasteiger partial charge in [-0.05, 0) is 28.1 Å². The van der Waals surface area contributed by atoms with Crippen LogP contribution in [0.3, 0.4) is 0 Å². The van der Waals surface area contributed by atoms with Gasteiger partial charge in [0.1, 0.15) is 5.76 Å². The van der Waals surface area contributed by atoms with E-state index in [-0.39, 0.29) is 23.7 Å². The molecule has 1 atom stereocenters. The lowest BCUT2D eigenvalue weighted by Crippen LogP contribution is -2.28.